The minimum atomic E-state index is -3.64. The zero-order chi connectivity index (χ0) is 18.8. The number of hydrogen-bond donors (Lipinski definition) is 1. The molecule has 0 aliphatic carbocycles. The van der Waals surface area contributed by atoms with Crippen LogP contribution in [-0.4, -0.2) is 15.5 Å². The lowest BCUT2D eigenvalue weighted by molar-refractivity contribution is 0.413. The molecular weight excluding hydrogens is 334 g/mol. The first-order valence-corrected chi connectivity index (χ1v) is 9.92. The van der Waals surface area contributed by atoms with Crippen LogP contribution in [-0.2, 0) is 10.0 Å². The van der Waals surface area contributed by atoms with E-state index in [1.807, 2.05) is 32.9 Å². The fraction of sp³-hybridized carbons (Fsp3) is 0.400. The van der Waals surface area contributed by atoms with Crippen LogP contribution < -0.4 is 9.46 Å². The quantitative estimate of drug-likeness (QED) is 0.832. The summed E-state index contributed by atoms with van der Waals surface area (Å²) in [6, 6.07) is 9.35. The largest absolute Gasteiger partial charge is 0.497 e. The number of hydrogen-bond acceptors (Lipinski definition) is 3. The van der Waals surface area contributed by atoms with Crippen molar-refractivity contribution in [1.82, 2.24) is 4.72 Å². The average molecular weight is 362 g/mol. The van der Waals surface area contributed by atoms with E-state index in [0.717, 1.165) is 11.1 Å². The van der Waals surface area contributed by atoms with Crippen LogP contribution in [0.4, 0.5) is 0 Å². The summed E-state index contributed by atoms with van der Waals surface area (Å²) in [6.45, 7) is 9.62. The summed E-state index contributed by atoms with van der Waals surface area (Å²) in [5.41, 5.74) is 4.64. The number of aryl methyl sites for hydroxylation is 4. The summed E-state index contributed by atoms with van der Waals surface area (Å²) >= 11 is 0. The molecule has 1 atom stereocenters. The first-order valence-electron chi connectivity index (χ1n) is 8.44. The Kier molecular flexibility index (Phi) is 5.91. The molecule has 0 aliphatic rings. The van der Waals surface area contributed by atoms with E-state index in [0.29, 0.717) is 28.2 Å². The summed E-state index contributed by atoms with van der Waals surface area (Å²) < 4.78 is 34.2. The highest BCUT2D eigenvalue weighted by molar-refractivity contribution is 7.89. The molecule has 0 aromatic heterocycles. The van der Waals surface area contributed by atoms with E-state index in [1.165, 1.54) is 5.56 Å². The van der Waals surface area contributed by atoms with Gasteiger partial charge in [-0.1, -0.05) is 30.7 Å². The summed E-state index contributed by atoms with van der Waals surface area (Å²) in [5.74, 6) is 0.662. The van der Waals surface area contributed by atoms with Gasteiger partial charge in [-0.3, -0.25) is 0 Å². The number of benzene rings is 2. The molecule has 25 heavy (non-hydrogen) atoms. The van der Waals surface area contributed by atoms with Crippen molar-refractivity contribution in [2.45, 2.75) is 52.0 Å². The summed E-state index contributed by atoms with van der Waals surface area (Å²) in [4.78, 5) is 0.330. The van der Waals surface area contributed by atoms with E-state index in [1.54, 1.807) is 33.1 Å². The van der Waals surface area contributed by atoms with Crippen LogP contribution in [0.25, 0.3) is 0 Å². The Balaban J connectivity index is 2.43. The van der Waals surface area contributed by atoms with Crippen molar-refractivity contribution in [3.05, 3.63) is 58.1 Å². The predicted octanol–water partition coefficient (Wildman–Crippen LogP) is 4.36. The lowest BCUT2D eigenvalue weighted by Crippen LogP contribution is -2.30. The van der Waals surface area contributed by atoms with E-state index in [9.17, 15) is 8.42 Å². The van der Waals surface area contributed by atoms with Crippen molar-refractivity contribution in [1.29, 1.82) is 0 Å². The molecule has 0 heterocycles. The molecule has 136 valence electrons. The maximum absolute atomic E-state index is 13.0. The number of nitrogens with one attached hydrogen (secondary N) is 1. The van der Waals surface area contributed by atoms with Gasteiger partial charge in [0.15, 0.2) is 0 Å². The molecule has 0 saturated heterocycles. The first-order chi connectivity index (χ1) is 11.7. The second-order valence-electron chi connectivity index (χ2n) is 6.53. The Morgan fingerprint density at radius 3 is 2.08 bits per heavy atom. The summed E-state index contributed by atoms with van der Waals surface area (Å²) in [7, 11) is -2.06. The third-order valence-electron chi connectivity index (χ3n) is 4.44. The molecule has 0 unspecified atom stereocenters. The van der Waals surface area contributed by atoms with Crippen LogP contribution >= 0.6 is 0 Å². The summed E-state index contributed by atoms with van der Waals surface area (Å²) in [5, 5.41) is 0. The van der Waals surface area contributed by atoms with Gasteiger partial charge in [-0.05, 0) is 68.5 Å². The molecule has 0 fully saturated rings. The zero-order valence-corrected chi connectivity index (χ0v) is 16.6. The molecule has 0 radical (unpaired) electrons. The van der Waals surface area contributed by atoms with Gasteiger partial charge >= 0.3 is 0 Å². The fourth-order valence-electron chi connectivity index (χ4n) is 3.28. The lowest BCUT2D eigenvalue weighted by atomic mass is 9.98. The van der Waals surface area contributed by atoms with Gasteiger partial charge in [0, 0.05) is 6.04 Å². The second-order valence-corrected chi connectivity index (χ2v) is 8.18. The van der Waals surface area contributed by atoms with Crippen molar-refractivity contribution in [2.24, 2.45) is 0 Å². The molecule has 0 amide bonds. The number of ether oxygens (including phenoxy) is 1. The molecule has 2 aromatic rings. The molecule has 1 N–H and O–H groups in total. The highest BCUT2D eigenvalue weighted by atomic mass is 32.2. The highest BCUT2D eigenvalue weighted by Crippen LogP contribution is 2.29. The van der Waals surface area contributed by atoms with Gasteiger partial charge in [-0.2, -0.15) is 0 Å². The van der Waals surface area contributed by atoms with Crippen LogP contribution in [0.5, 0.6) is 5.75 Å². The van der Waals surface area contributed by atoms with E-state index in [-0.39, 0.29) is 6.04 Å². The van der Waals surface area contributed by atoms with Crippen molar-refractivity contribution in [2.75, 3.05) is 7.11 Å². The van der Waals surface area contributed by atoms with Crippen LogP contribution in [0, 0.1) is 27.7 Å². The maximum Gasteiger partial charge on any atom is 0.241 e. The van der Waals surface area contributed by atoms with Gasteiger partial charge in [0.1, 0.15) is 5.75 Å². The van der Waals surface area contributed by atoms with E-state index in [2.05, 4.69) is 10.8 Å². The number of sulfonamides is 1. The third kappa shape index (κ3) is 4.22. The Morgan fingerprint density at radius 1 is 1.00 bits per heavy atom. The normalized spacial score (nSPS) is 12.9. The molecule has 0 spiro atoms. The predicted molar refractivity (Wildman–Crippen MR) is 102 cm³/mol. The Labute approximate surface area is 151 Å². The van der Waals surface area contributed by atoms with Crippen molar-refractivity contribution >= 4 is 10.0 Å². The van der Waals surface area contributed by atoms with Crippen molar-refractivity contribution in [3.63, 3.8) is 0 Å². The fourth-order valence-corrected chi connectivity index (χ4v) is 5.03. The minimum absolute atomic E-state index is 0.258. The summed E-state index contributed by atoms with van der Waals surface area (Å²) in [6.07, 6.45) is 0.678. The molecule has 0 bridgehead atoms. The van der Waals surface area contributed by atoms with Crippen LogP contribution in [0.3, 0.4) is 0 Å². The Morgan fingerprint density at radius 2 is 1.60 bits per heavy atom. The minimum Gasteiger partial charge on any atom is -0.497 e. The number of rotatable bonds is 6. The van der Waals surface area contributed by atoms with Crippen molar-refractivity contribution < 1.29 is 13.2 Å². The van der Waals surface area contributed by atoms with Crippen LogP contribution in [0.15, 0.2) is 35.2 Å². The first kappa shape index (κ1) is 19.5. The number of methoxy groups -OCH3 is 1. The van der Waals surface area contributed by atoms with Crippen LogP contribution in [0.1, 0.15) is 47.2 Å². The van der Waals surface area contributed by atoms with E-state index in [4.69, 9.17) is 4.74 Å². The highest BCUT2D eigenvalue weighted by Gasteiger charge is 2.25. The third-order valence-corrected chi connectivity index (χ3v) is 6.22. The van der Waals surface area contributed by atoms with Crippen LogP contribution in [0.2, 0.25) is 0 Å². The molecule has 2 rings (SSSR count). The Hall–Kier alpha value is -1.85. The molecule has 5 heteroatoms. The van der Waals surface area contributed by atoms with Gasteiger partial charge in [0.25, 0.3) is 0 Å². The maximum atomic E-state index is 13.0. The van der Waals surface area contributed by atoms with Gasteiger partial charge in [-0.25, -0.2) is 13.1 Å². The smallest absolute Gasteiger partial charge is 0.241 e. The van der Waals surface area contributed by atoms with Gasteiger partial charge in [0.2, 0.25) is 10.0 Å². The Bertz CT molecular complexity index is 850. The molecule has 4 nitrogen and oxygen atoms in total. The van der Waals surface area contributed by atoms with Gasteiger partial charge in [-0.15, -0.1) is 0 Å². The molecule has 2 aromatic carbocycles. The molecule has 0 aliphatic heterocycles. The average Bonchev–Trinajstić information content (AvgIpc) is 2.52. The van der Waals surface area contributed by atoms with Gasteiger partial charge < -0.3 is 4.74 Å². The van der Waals surface area contributed by atoms with Gasteiger partial charge in [0.05, 0.1) is 12.0 Å². The molecule has 0 saturated carbocycles. The standard InChI is InChI=1S/C20H27NO3S/c1-7-19(18-9-8-13(2)10-14(18)3)21-25(22,23)20-15(4)11-17(24-6)12-16(20)5/h8-12,19,21H,7H2,1-6H3/t19-/m1/s1. The lowest BCUT2D eigenvalue weighted by Gasteiger charge is -2.21. The van der Waals surface area contributed by atoms with E-state index < -0.39 is 10.0 Å². The topological polar surface area (TPSA) is 55.4 Å². The van der Waals surface area contributed by atoms with E-state index >= 15 is 0 Å². The monoisotopic (exact) mass is 361 g/mol. The van der Waals surface area contributed by atoms with Crippen molar-refractivity contribution in [3.8, 4) is 5.75 Å². The molecular formula is C20H27NO3S. The zero-order valence-electron chi connectivity index (χ0n) is 15.8. The second kappa shape index (κ2) is 7.58. The SMILES string of the molecule is CC[C@@H](NS(=O)(=O)c1c(C)cc(OC)cc1C)c1ccc(C)cc1C.